The Morgan fingerprint density at radius 3 is 1.24 bits per heavy atom. The lowest BCUT2D eigenvalue weighted by Crippen LogP contribution is -2.25. The van der Waals surface area contributed by atoms with E-state index in [1.807, 2.05) is 24.3 Å². The van der Waals surface area contributed by atoms with E-state index < -0.39 is 0 Å². The molecule has 0 bridgehead atoms. The minimum Gasteiger partial charge on any atom is -0.457 e. The van der Waals surface area contributed by atoms with Gasteiger partial charge in [-0.15, -0.1) is 0 Å². The van der Waals surface area contributed by atoms with Crippen molar-refractivity contribution in [2.45, 2.75) is 46.0 Å². The minimum absolute atomic E-state index is 0.0519. The summed E-state index contributed by atoms with van der Waals surface area (Å²) in [5.41, 5.74) is 4.93. The third-order valence-electron chi connectivity index (χ3n) is 6.47. The zero-order chi connectivity index (χ0) is 23.3. The molecule has 4 rings (SSSR count). The third-order valence-corrected chi connectivity index (χ3v) is 6.47. The van der Waals surface area contributed by atoms with Crippen LogP contribution in [0.15, 0.2) is 97.1 Å². The summed E-state index contributed by atoms with van der Waals surface area (Å²) < 4.78 is 12.1. The zero-order valence-electron chi connectivity index (χ0n) is 20.0. The Labute approximate surface area is 197 Å². The van der Waals surface area contributed by atoms with Gasteiger partial charge >= 0.3 is 0 Å². The molecule has 0 radical (unpaired) electrons. The van der Waals surface area contributed by atoms with Gasteiger partial charge in [0.1, 0.15) is 23.0 Å². The molecular weight excluding hydrogens is 404 g/mol. The number of ether oxygens (including phenoxy) is 2. The molecule has 0 aliphatic heterocycles. The highest BCUT2D eigenvalue weighted by Crippen LogP contribution is 2.40. The first-order valence-electron chi connectivity index (χ1n) is 11.7. The molecule has 4 aromatic carbocycles. The van der Waals surface area contributed by atoms with E-state index in [2.05, 4.69) is 100 Å². The molecule has 168 valence electrons. The summed E-state index contributed by atoms with van der Waals surface area (Å²) >= 11 is 0. The average Bonchev–Trinajstić information content (AvgIpc) is 2.82. The van der Waals surface area contributed by atoms with Crippen molar-refractivity contribution in [3.8, 4) is 23.0 Å². The Morgan fingerprint density at radius 1 is 0.515 bits per heavy atom. The lowest BCUT2D eigenvalue weighted by molar-refractivity contribution is 0.465. The second kappa shape index (κ2) is 9.95. The minimum atomic E-state index is -0.0519. The zero-order valence-corrected chi connectivity index (χ0v) is 20.0. The number of aryl methyl sites for hydroxylation is 2. The van der Waals surface area contributed by atoms with Crippen LogP contribution in [-0.4, -0.2) is 0 Å². The Morgan fingerprint density at radius 2 is 0.909 bits per heavy atom. The molecule has 0 unspecified atom stereocenters. The molecule has 33 heavy (non-hydrogen) atoms. The predicted octanol–water partition coefficient (Wildman–Crippen LogP) is 8.99. The van der Waals surface area contributed by atoms with Crippen molar-refractivity contribution in [1.82, 2.24) is 0 Å². The molecule has 0 N–H and O–H groups in total. The van der Waals surface area contributed by atoms with Crippen LogP contribution in [0.2, 0.25) is 0 Å². The van der Waals surface area contributed by atoms with Crippen molar-refractivity contribution in [2.24, 2.45) is 0 Å². The lowest BCUT2D eigenvalue weighted by Gasteiger charge is -2.33. The van der Waals surface area contributed by atoms with Gasteiger partial charge in [-0.3, -0.25) is 0 Å². The Bertz CT molecular complexity index is 1090. The van der Waals surface area contributed by atoms with Gasteiger partial charge < -0.3 is 9.47 Å². The number of benzene rings is 4. The van der Waals surface area contributed by atoms with E-state index in [0.717, 1.165) is 35.8 Å². The fourth-order valence-corrected chi connectivity index (χ4v) is 4.55. The summed E-state index contributed by atoms with van der Waals surface area (Å²) in [6.07, 6.45) is 2.03. The summed E-state index contributed by atoms with van der Waals surface area (Å²) in [5, 5.41) is 0. The molecule has 4 aromatic rings. The van der Waals surface area contributed by atoms with Crippen molar-refractivity contribution >= 4 is 0 Å². The van der Waals surface area contributed by atoms with Crippen molar-refractivity contribution < 1.29 is 9.47 Å². The van der Waals surface area contributed by atoms with Gasteiger partial charge in [-0.05, 0) is 97.5 Å². The van der Waals surface area contributed by atoms with Crippen LogP contribution in [-0.2, 0) is 5.41 Å². The van der Waals surface area contributed by atoms with Gasteiger partial charge in [0.25, 0.3) is 0 Å². The van der Waals surface area contributed by atoms with Gasteiger partial charge in [0, 0.05) is 5.41 Å². The first kappa shape index (κ1) is 22.7. The van der Waals surface area contributed by atoms with E-state index >= 15 is 0 Å². The SMILES string of the molecule is CCC(CC)(c1ccc(Oc2cccc(C)c2)cc1)c1ccc(Oc2cccc(C)c2)cc1. The number of rotatable bonds is 8. The standard InChI is InChI=1S/C31H32O2/c1-5-31(6-2,25-13-17-27(18-14-25)32-29-11-7-9-23(3)21-29)26-15-19-28(20-16-26)33-30-12-8-10-24(4)22-30/h7-22H,5-6H2,1-4H3. The van der Waals surface area contributed by atoms with Crippen LogP contribution in [0.5, 0.6) is 23.0 Å². The largest absolute Gasteiger partial charge is 0.457 e. The summed E-state index contributed by atoms with van der Waals surface area (Å²) in [6, 6.07) is 33.4. The van der Waals surface area contributed by atoms with Crippen molar-refractivity contribution in [3.63, 3.8) is 0 Å². The van der Waals surface area contributed by atoms with Gasteiger partial charge in [-0.25, -0.2) is 0 Å². The quantitative estimate of drug-likeness (QED) is 0.274. The molecule has 2 nitrogen and oxygen atoms in total. The van der Waals surface area contributed by atoms with Crippen LogP contribution >= 0.6 is 0 Å². The second-order valence-corrected chi connectivity index (χ2v) is 8.68. The van der Waals surface area contributed by atoms with Crippen molar-refractivity contribution in [3.05, 3.63) is 119 Å². The lowest BCUT2D eigenvalue weighted by atomic mass is 9.70. The van der Waals surface area contributed by atoms with Crippen LogP contribution in [0.25, 0.3) is 0 Å². The van der Waals surface area contributed by atoms with E-state index in [1.54, 1.807) is 0 Å². The molecule has 0 amide bonds. The molecule has 0 spiro atoms. The third kappa shape index (κ3) is 5.12. The first-order valence-corrected chi connectivity index (χ1v) is 11.7. The van der Waals surface area contributed by atoms with Crippen LogP contribution < -0.4 is 9.47 Å². The Balaban J connectivity index is 1.56. The topological polar surface area (TPSA) is 18.5 Å². The van der Waals surface area contributed by atoms with Crippen molar-refractivity contribution in [1.29, 1.82) is 0 Å². The van der Waals surface area contributed by atoms with E-state index in [4.69, 9.17) is 9.47 Å². The average molecular weight is 437 g/mol. The molecule has 0 atom stereocenters. The molecule has 0 heterocycles. The Hall–Kier alpha value is -3.52. The highest BCUT2D eigenvalue weighted by Gasteiger charge is 2.30. The van der Waals surface area contributed by atoms with E-state index in [-0.39, 0.29) is 5.41 Å². The molecule has 2 heteroatoms. The van der Waals surface area contributed by atoms with Crippen LogP contribution in [0, 0.1) is 13.8 Å². The first-order chi connectivity index (χ1) is 16.0. The molecule has 0 saturated carbocycles. The smallest absolute Gasteiger partial charge is 0.127 e. The highest BCUT2D eigenvalue weighted by atomic mass is 16.5. The highest BCUT2D eigenvalue weighted by molar-refractivity contribution is 5.45. The monoisotopic (exact) mass is 436 g/mol. The van der Waals surface area contributed by atoms with E-state index in [1.165, 1.54) is 22.3 Å². The molecule has 0 aromatic heterocycles. The van der Waals surface area contributed by atoms with E-state index in [0.29, 0.717) is 0 Å². The predicted molar refractivity (Wildman–Crippen MR) is 137 cm³/mol. The summed E-state index contributed by atoms with van der Waals surface area (Å²) in [5.74, 6) is 3.44. The number of hydrogen-bond acceptors (Lipinski definition) is 2. The fourth-order valence-electron chi connectivity index (χ4n) is 4.55. The summed E-state index contributed by atoms with van der Waals surface area (Å²) in [7, 11) is 0. The fraction of sp³-hybridized carbons (Fsp3) is 0.226. The van der Waals surface area contributed by atoms with Gasteiger partial charge in [-0.1, -0.05) is 62.4 Å². The Kier molecular flexibility index (Phi) is 6.84. The molecular formula is C31H32O2. The van der Waals surface area contributed by atoms with E-state index in [9.17, 15) is 0 Å². The van der Waals surface area contributed by atoms with Crippen LogP contribution in [0.3, 0.4) is 0 Å². The summed E-state index contributed by atoms with van der Waals surface area (Å²) in [6.45, 7) is 8.67. The maximum atomic E-state index is 6.06. The van der Waals surface area contributed by atoms with Crippen molar-refractivity contribution in [2.75, 3.05) is 0 Å². The second-order valence-electron chi connectivity index (χ2n) is 8.68. The van der Waals surface area contributed by atoms with Crippen LogP contribution in [0.1, 0.15) is 48.9 Å². The molecule has 0 fully saturated rings. The summed E-state index contributed by atoms with van der Waals surface area (Å²) in [4.78, 5) is 0. The molecule has 0 aliphatic rings. The van der Waals surface area contributed by atoms with Gasteiger partial charge in [0.05, 0.1) is 0 Å². The van der Waals surface area contributed by atoms with Gasteiger partial charge in [0.2, 0.25) is 0 Å². The molecule has 0 saturated heterocycles. The molecule has 0 aliphatic carbocycles. The van der Waals surface area contributed by atoms with Crippen LogP contribution in [0.4, 0.5) is 0 Å². The number of hydrogen-bond donors (Lipinski definition) is 0. The van der Waals surface area contributed by atoms with Gasteiger partial charge in [0.15, 0.2) is 0 Å². The maximum absolute atomic E-state index is 6.06. The maximum Gasteiger partial charge on any atom is 0.127 e. The normalized spacial score (nSPS) is 11.3. The van der Waals surface area contributed by atoms with Gasteiger partial charge in [-0.2, -0.15) is 0 Å².